The number of nitrogens with zero attached hydrogens (tertiary/aromatic N) is 2. The monoisotopic (exact) mass is 377 g/mol. The largest absolute Gasteiger partial charge is 0.497 e. The van der Waals surface area contributed by atoms with Gasteiger partial charge in [0.1, 0.15) is 23.6 Å². The maximum Gasteiger partial charge on any atom is 0.274 e. The molecular weight excluding hydrogens is 358 g/mol. The first-order valence-electron chi connectivity index (χ1n) is 8.45. The zero-order valence-corrected chi connectivity index (χ0v) is 15.4. The fraction of sp³-hybridized carbons (Fsp3) is 0.100. The van der Waals surface area contributed by atoms with Gasteiger partial charge in [-0.15, -0.1) is 0 Å². The Morgan fingerprint density at radius 1 is 0.893 bits per heavy atom. The Labute approximate surface area is 162 Å². The molecule has 0 unspecified atom stereocenters. The van der Waals surface area contributed by atoms with Gasteiger partial charge in [0.15, 0.2) is 0 Å². The van der Waals surface area contributed by atoms with Crippen molar-refractivity contribution in [2.45, 2.75) is 6.92 Å². The molecule has 0 fully saturated rings. The van der Waals surface area contributed by atoms with Crippen LogP contribution in [0, 0.1) is 0 Å². The number of methoxy groups -OCH3 is 1. The molecule has 1 heterocycles. The second-order valence-electron chi connectivity index (χ2n) is 5.86. The lowest BCUT2D eigenvalue weighted by Crippen LogP contribution is -2.14. The quantitative estimate of drug-likeness (QED) is 0.608. The van der Waals surface area contributed by atoms with Crippen molar-refractivity contribution >= 4 is 34.7 Å². The van der Waals surface area contributed by atoms with Crippen LogP contribution in [0.15, 0.2) is 60.9 Å². The second-order valence-corrected chi connectivity index (χ2v) is 5.86. The van der Waals surface area contributed by atoms with Crippen LogP contribution in [0.3, 0.4) is 0 Å². The summed E-state index contributed by atoms with van der Waals surface area (Å²) in [5.41, 5.74) is 2.10. The van der Waals surface area contributed by atoms with Gasteiger partial charge in [0.2, 0.25) is 5.91 Å². The fourth-order valence-electron chi connectivity index (χ4n) is 2.47. The van der Waals surface area contributed by atoms with Crippen molar-refractivity contribution < 1.29 is 14.3 Å². The Balaban J connectivity index is 1.72. The smallest absolute Gasteiger partial charge is 0.274 e. The molecule has 0 saturated carbocycles. The molecule has 0 saturated heterocycles. The average Bonchev–Trinajstić information content (AvgIpc) is 2.68. The molecule has 0 atom stereocenters. The third-order valence-electron chi connectivity index (χ3n) is 3.68. The van der Waals surface area contributed by atoms with E-state index in [9.17, 15) is 9.59 Å². The highest BCUT2D eigenvalue weighted by Gasteiger charge is 2.10. The van der Waals surface area contributed by atoms with Gasteiger partial charge >= 0.3 is 0 Å². The second kappa shape index (κ2) is 8.63. The number of carbonyl (C=O) groups excluding carboxylic acids is 2. The lowest BCUT2D eigenvalue weighted by molar-refractivity contribution is -0.114. The molecule has 0 bridgehead atoms. The SMILES string of the molecule is COc1cccc(Nc2cc(C(=O)Nc3cccc(NC(C)=O)c3)ncn2)c1. The maximum absolute atomic E-state index is 12.5. The molecule has 3 N–H and O–H groups in total. The summed E-state index contributed by atoms with van der Waals surface area (Å²) in [6, 6.07) is 15.8. The third-order valence-corrected chi connectivity index (χ3v) is 3.68. The summed E-state index contributed by atoms with van der Waals surface area (Å²) in [7, 11) is 1.59. The summed E-state index contributed by atoms with van der Waals surface area (Å²) in [6.45, 7) is 1.42. The fourth-order valence-corrected chi connectivity index (χ4v) is 2.47. The number of amides is 2. The van der Waals surface area contributed by atoms with E-state index in [0.717, 1.165) is 5.69 Å². The molecule has 1 aromatic heterocycles. The van der Waals surface area contributed by atoms with Gasteiger partial charge in [-0.25, -0.2) is 9.97 Å². The molecule has 0 radical (unpaired) electrons. The molecule has 3 rings (SSSR count). The summed E-state index contributed by atoms with van der Waals surface area (Å²) in [4.78, 5) is 31.8. The Hall–Kier alpha value is -3.94. The molecule has 8 heteroatoms. The van der Waals surface area contributed by atoms with Gasteiger partial charge in [0.25, 0.3) is 5.91 Å². The van der Waals surface area contributed by atoms with E-state index >= 15 is 0 Å². The topological polar surface area (TPSA) is 105 Å². The Kier molecular flexibility index (Phi) is 5.81. The number of hydrogen-bond donors (Lipinski definition) is 3. The van der Waals surface area contributed by atoms with Crippen LogP contribution in [-0.4, -0.2) is 28.9 Å². The van der Waals surface area contributed by atoms with Gasteiger partial charge in [-0.3, -0.25) is 9.59 Å². The van der Waals surface area contributed by atoms with Gasteiger partial charge in [-0.05, 0) is 30.3 Å². The Bertz CT molecular complexity index is 1010. The zero-order chi connectivity index (χ0) is 19.9. The van der Waals surface area contributed by atoms with Crippen molar-refractivity contribution in [3.63, 3.8) is 0 Å². The first kappa shape index (κ1) is 18.8. The number of anilines is 4. The van der Waals surface area contributed by atoms with Gasteiger partial charge in [0.05, 0.1) is 7.11 Å². The maximum atomic E-state index is 12.5. The molecule has 0 aliphatic carbocycles. The van der Waals surface area contributed by atoms with Crippen molar-refractivity contribution in [3.05, 3.63) is 66.6 Å². The highest BCUT2D eigenvalue weighted by molar-refractivity contribution is 6.03. The molecule has 0 aliphatic rings. The molecule has 2 amide bonds. The standard InChI is InChI=1S/C20H19N5O3/c1-13(26)23-14-5-3-6-15(9-14)25-20(27)18-11-19(22-12-21-18)24-16-7-4-8-17(10-16)28-2/h3-12H,1-2H3,(H,23,26)(H,25,27)(H,21,22,24). The summed E-state index contributed by atoms with van der Waals surface area (Å²) in [6.07, 6.45) is 1.31. The third kappa shape index (κ3) is 5.04. The van der Waals surface area contributed by atoms with Gasteiger partial charge in [-0.1, -0.05) is 12.1 Å². The lowest BCUT2D eigenvalue weighted by Gasteiger charge is -2.09. The minimum atomic E-state index is -0.393. The zero-order valence-electron chi connectivity index (χ0n) is 15.4. The summed E-state index contributed by atoms with van der Waals surface area (Å²) < 4.78 is 5.19. The van der Waals surface area contributed by atoms with E-state index in [1.807, 2.05) is 24.3 Å². The van der Waals surface area contributed by atoms with Crippen LogP contribution in [0.4, 0.5) is 22.9 Å². The van der Waals surface area contributed by atoms with Crippen molar-refractivity contribution in [1.82, 2.24) is 9.97 Å². The van der Waals surface area contributed by atoms with Crippen LogP contribution in [0.1, 0.15) is 17.4 Å². The van der Waals surface area contributed by atoms with Crippen LogP contribution in [-0.2, 0) is 4.79 Å². The predicted octanol–water partition coefficient (Wildman–Crippen LogP) is 3.44. The van der Waals surface area contributed by atoms with Crippen LogP contribution >= 0.6 is 0 Å². The minimum Gasteiger partial charge on any atom is -0.497 e. The summed E-state index contributed by atoms with van der Waals surface area (Å²) in [5, 5.41) is 8.53. The molecule has 3 aromatic rings. The number of carbonyl (C=O) groups is 2. The van der Waals surface area contributed by atoms with E-state index in [2.05, 4.69) is 25.9 Å². The highest BCUT2D eigenvalue weighted by Crippen LogP contribution is 2.21. The van der Waals surface area contributed by atoms with Crippen molar-refractivity contribution in [3.8, 4) is 5.75 Å². The van der Waals surface area contributed by atoms with E-state index < -0.39 is 5.91 Å². The Morgan fingerprint density at radius 2 is 1.61 bits per heavy atom. The Morgan fingerprint density at radius 3 is 2.36 bits per heavy atom. The minimum absolute atomic E-state index is 0.187. The van der Waals surface area contributed by atoms with E-state index in [1.54, 1.807) is 37.4 Å². The van der Waals surface area contributed by atoms with Gasteiger partial charge in [0, 0.05) is 36.1 Å². The van der Waals surface area contributed by atoms with Crippen LogP contribution in [0.25, 0.3) is 0 Å². The number of aromatic nitrogens is 2. The molecule has 0 spiro atoms. The molecule has 0 aliphatic heterocycles. The van der Waals surface area contributed by atoms with E-state index in [1.165, 1.54) is 13.3 Å². The van der Waals surface area contributed by atoms with E-state index in [-0.39, 0.29) is 11.6 Å². The number of rotatable bonds is 6. The highest BCUT2D eigenvalue weighted by atomic mass is 16.5. The van der Waals surface area contributed by atoms with E-state index in [4.69, 9.17) is 4.74 Å². The van der Waals surface area contributed by atoms with Crippen molar-refractivity contribution in [2.24, 2.45) is 0 Å². The average molecular weight is 377 g/mol. The molecular formula is C20H19N5O3. The molecule has 28 heavy (non-hydrogen) atoms. The van der Waals surface area contributed by atoms with Gasteiger partial charge in [-0.2, -0.15) is 0 Å². The number of nitrogens with one attached hydrogen (secondary N) is 3. The molecule has 142 valence electrons. The number of hydrogen-bond acceptors (Lipinski definition) is 6. The van der Waals surface area contributed by atoms with Crippen LogP contribution in [0.2, 0.25) is 0 Å². The van der Waals surface area contributed by atoms with E-state index in [0.29, 0.717) is 22.9 Å². The molecule has 2 aromatic carbocycles. The van der Waals surface area contributed by atoms with Crippen molar-refractivity contribution in [1.29, 1.82) is 0 Å². The summed E-state index contributed by atoms with van der Waals surface area (Å²) >= 11 is 0. The van der Waals surface area contributed by atoms with Gasteiger partial charge < -0.3 is 20.7 Å². The first-order chi connectivity index (χ1) is 13.5. The summed E-state index contributed by atoms with van der Waals surface area (Å²) in [5.74, 6) is 0.597. The lowest BCUT2D eigenvalue weighted by atomic mass is 10.2. The van der Waals surface area contributed by atoms with Crippen LogP contribution < -0.4 is 20.7 Å². The number of ether oxygens (including phenoxy) is 1. The number of benzene rings is 2. The van der Waals surface area contributed by atoms with Crippen LogP contribution in [0.5, 0.6) is 5.75 Å². The molecule has 8 nitrogen and oxygen atoms in total. The normalized spacial score (nSPS) is 10.1. The first-order valence-corrected chi connectivity index (χ1v) is 8.45. The van der Waals surface area contributed by atoms with Crippen molar-refractivity contribution in [2.75, 3.05) is 23.1 Å². The predicted molar refractivity (Wildman–Crippen MR) is 107 cm³/mol.